The van der Waals surface area contributed by atoms with Gasteiger partial charge in [-0.1, -0.05) is 44.2 Å². The Labute approximate surface area is 127 Å². The molecule has 1 aromatic rings. The molecule has 3 nitrogen and oxygen atoms in total. The summed E-state index contributed by atoms with van der Waals surface area (Å²) in [5, 5.41) is 4.11. The number of rotatable bonds is 10. The average Bonchev–Trinajstić information content (AvgIpc) is 2.45. The molecule has 0 saturated carbocycles. The molecule has 0 amide bonds. The molecular weight excluding hydrogens is 274 g/mol. The second kappa shape index (κ2) is 9.89. The van der Waals surface area contributed by atoms with Gasteiger partial charge in [0.05, 0.1) is 14.2 Å². The van der Waals surface area contributed by atoms with Gasteiger partial charge in [0.1, 0.15) is 0 Å². The molecule has 0 aliphatic carbocycles. The van der Waals surface area contributed by atoms with Crippen LogP contribution in [0.4, 0.5) is 0 Å². The Morgan fingerprint density at radius 1 is 1.05 bits per heavy atom. The summed E-state index contributed by atoms with van der Waals surface area (Å²) in [5.74, 6) is 1.44. The number of hydrogen-bond donors (Lipinski definition) is 1. The van der Waals surface area contributed by atoms with Gasteiger partial charge in [-0.2, -0.15) is 0 Å². The Hall–Kier alpha value is -0.930. The van der Waals surface area contributed by atoms with E-state index in [1.54, 1.807) is 20.3 Å². The third-order valence-electron chi connectivity index (χ3n) is 3.29. The molecule has 0 heterocycles. The molecule has 4 heteroatoms. The molecule has 1 N–H and O–H groups in total. The lowest BCUT2D eigenvalue weighted by Crippen LogP contribution is -2.15. The SMILES string of the molecule is CCCCCCCNCc1cc(Cl)cc(OC)c1OC. The Morgan fingerprint density at radius 3 is 2.45 bits per heavy atom. The zero-order valence-electron chi connectivity index (χ0n) is 12.8. The van der Waals surface area contributed by atoms with Crippen molar-refractivity contribution in [3.8, 4) is 11.5 Å². The summed E-state index contributed by atoms with van der Waals surface area (Å²) in [5.41, 5.74) is 1.03. The summed E-state index contributed by atoms with van der Waals surface area (Å²) in [4.78, 5) is 0. The third kappa shape index (κ3) is 5.59. The van der Waals surface area contributed by atoms with Gasteiger partial charge < -0.3 is 14.8 Å². The number of ether oxygens (including phenoxy) is 2. The van der Waals surface area contributed by atoms with Crippen molar-refractivity contribution in [3.63, 3.8) is 0 Å². The molecule has 1 rings (SSSR count). The largest absolute Gasteiger partial charge is 0.493 e. The van der Waals surface area contributed by atoms with Crippen molar-refractivity contribution >= 4 is 11.6 Å². The minimum Gasteiger partial charge on any atom is -0.493 e. The van der Waals surface area contributed by atoms with Crippen LogP contribution in [0.3, 0.4) is 0 Å². The monoisotopic (exact) mass is 299 g/mol. The average molecular weight is 300 g/mol. The molecule has 0 atom stereocenters. The van der Waals surface area contributed by atoms with Gasteiger partial charge >= 0.3 is 0 Å². The van der Waals surface area contributed by atoms with E-state index in [-0.39, 0.29) is 0 Å². The fourth-order valence-corrected chi connectivity index (χ4v) is 2.44. The molecule has 0 saturated heterocycles. The highest BCUT2D eigenvalue weighted by molar-refractivity contribution is 6.30. The van der Waals surface area contributed by atoms with E-state index in [1.165, 1.54) is 32.1 Å². The molecule has 0 bridgehead atoms. The highest BCUT2D eigenvalue weighted by Gasteiger charge is 2.11. The molecule has 20 heavy (non-hydrogen) atoms. The van der Waals surface area contributed by atoms with Crippen molar-refractivity contribution in [1.82, 2.24) is 5.32 Å². The second-order valence-corrected chi connectivity index (χ2v) is 5.33. The van der Waals surface area contributed by atoms with Crippen LogP contribution in [0.2, 0.25) is 5.02 Å². The maximum atomic E-state index is 6.09. The van der Waals surface area contributed by atoms with Crippen molar-refractivity contribution in [3.05, 3.63) is 22.7 Å². The first-order chi connectivity index (χ1) is 9.72. The van der Waals surface area contributed by atoms with Gasteiger partial charge in [0.2, 0.25) is 0 Å². The van der Waals surface area contributed by atoms with Crippen molar-refractivity contribution in [2.45, 2.75) is 45.6 Å². The van der Waals surface area contributed by atoms with Gasteiger partial charge in [0.15, 0.2) is 11.5 Å². The lowest BCUT2D eigenvalue weighted by molar-refractivity contribution is 0.350. The Kier molecular flexibility index (Phi) is 8.47. The van der Waals surface area contributed by atoms with E-state index in [4.69, 9.17) is 21.1 Å². The molecular formula is C16H26ClNO2. The van der Waals surface area contributed by atoms with E-state index in [9.17, 15) is 0 Å². The zero-order chi connectivity index (χ0) is 14.8. The van der Waals surface area contributed by atoms with E-state index in [0.717, 1.165) is 24.4 Å². The number of halogens is 1. The van der Waals surface area contributed by atoms with Gasteiger partial charge in [0, 0.05) is 23.2 Å². The van der Waals surface area contributed by atoms with Crippen molar-refractivity contribution in [2.75, 3.05) is 20.8 Å². The fourth-order valence-electron chi connectivity index (χ4n) is 2.21. The van der Waals surface area contributed by atoms with Gasteiger partial charge in [-0.25, -0.2) is 0 Å². The molecule has 0 unspecified atom stereocenters. The van der Waals surface area contributed by atoms with Crippen LogP contribution in [0, 0.1) is 0 Å². The van der Waals surface area contributed by atoms with Crippen LogP contribution in [0.1, 0.15) is 44.6 Å². The van der Waals surface area contributed by atoms with E-state index in [1.807, 2.05) is 6.07 Å². The summed E-state index contributed by atoms with van der Waals surface area (Å²) in [6.07, 6.45) is 6.44. The summed E-state index contributed by atoms with van der Waals surface area (Å²) in [7, 11) is 3.28. The minimum atomic E-state index is 0.669. The minimum absolute atomic E-state index is 0.669. The number of methoxy groups -OCH3 is 2. The molecule has 0 spiro atoms. The van der Waals surface area contributed by atoms with Crippen LogP contribution in [-0.4, -0.2) is 20.8 Å². The van der Waals surface area contributed by atoms with Gasteiger partial charge in [-0.3, -0.25) is 0 Å². The van der Waals surface area contributed by atoms with Crippen molar-refractivity contribution < 1.29 is 9.47 Å². The van der Waals surface area contributed by atoms with Crippen molar-refractivity contribution in [2.24, 2.45) is 0 Å². The van der Waals surface area contributed by atoms with Gasteiger partial charge in [0.25, 0.3) is 0 Å². The van der Waals surface area contributed by atoms with Gasteiger partial charge in [-0.15, -0.1) is 0 Å². The first kappa shape index (κ1) is 17.1. The standard InChI is InChI=1S/C16H26ClNO2/c1-4-5-6-7-8-9-18-12-13-10-14(17)11-15(19-2)16(13)20-3/h10-11,18H,4-9,12H2,1-3H3. The first-order valence-corrected chi connectivity index (χ1v) is 7.71. The van der Waals surface area contributed by atoms with Crippen LogP contribution >= 0.6 is 11.6 Å². The van der Waals surface area contributed by atoms with Crippen LogP contribution in [0.25, 0.3) is 0 Å². The summed E-state index contributed by atoms with van der Waals surface area (Å²) < 4.78 is 10.7. The Bertz CT molecular complexity index is 396. The fraction of sp³-hybridized carbons (Fsp3) is 0.625. The normalized spacial score (nSPS) is 10.6. The van der Waals surface area contributed by atoms with E-state index < -0.39 is 0 Å². The number of unbranched alkanes of at least 4 members (excludes halogenated alkanes) is 4. The highest BCUT2D eigenvalue weighted by Crippen LogP contribution is 2.34. The molecule has 114 valence electrons. The highest BCUT2D eigenvalue weighted by atomic mass is 35.5. The number of benzene rings is 1. The molecule has 1 aromatic carbocycles. The lowest BCUT2D eigenvalue weighted by atomic mass is 10.1. The van der Waals surface area contributed by atoms with Crippen LogP contribution in [0.5, 0.6) is 11.5 Å². The quantitative estimate of drug-likeness (QED) is 0.649. The Balaban J connectivity index is 2.45. The second-order valence-electron chi connectivity index (χ2n) is 4.89. The zero-order valence-corrected chi connectivity index (χ0v) is 13.6. The molecule has 0 aliphatic rings. The smallest absolute Gasteiger partial charge is 0.165 e. The maximum absolute atomic E-state index is 6.09. The van der Waals surface area contributed by atoms with E-state index in [2.05, 4.69) is 12.2 Å². The number of nitrogens with one attached hydrogen (secondary N) is 1. The number of hydrogen-bond acceptors (Lipinski definition) is 3. The third-order valence-corrected chi connectivity index (χ3v) is 3.51. The summed E-state index contributed by atoms with van der Waals surface area (Å²) in [6.45, 7) is 3.99. The lowest BCUT2D eigenvalue weighted by Gasteiger charge is -2.14. The maximum Gasteiger partial charge on any atom is 0.165 e. The van der Waals surface area contributed by atoms with E-state index in [0.29, 0.717) is 10.8 Å². The molecule has 0 fully saturated rings. The van der Waals surface area contributed by atoms with Crippen LogP contribution in [0.15, 0.2) is 12.1 Å². The van der Waals surface area contributed by atoms with Crippen molar-refractivity contribution in [1.29, 1.82) is 0 Å². The predicted molar refractivity (Wildman–Crippen MR) is 85.0 cm³/mol. The predicted octanol–water partition coefficient (Wildman–Crippen LogP) is 4.42. The Morgan fingerprint density at radius 2 is 1.80 bits per heavy atom. The van der Waals surface area contributed by atoms with Crippen LogP contribution < -0.4 is 14.8 Å². The summed E-state index contributed by atoms with van der Waals surface area (Å²) in [6, 6.07) is 3.70. The summed E-state index contributed by atoms with van der Waals surface area (Å²) >= 11 is 6.09. The molecule has 0 radical (unpaired) electrons. The van der Waals surface area contributed by atoms with E-state index >= 15 is 0 Å². The first-order valence-electron chi connectivity index (χ1n) is 7.34. The molecule has 0 aliphatic heterocycles. The van der Waals surface area contributed by atoms with Crippen LogP contribution in [-0.2, 0) is 6.54 Å². The van der Waals surface area contributed by atoms with Gasteiger partial charge in [-0.05, 0) is 19.0 Å². The topological polar surface area (TPSA) is 30.5 Å². The molecule has 0 aromatic heterocycles.